The predicted octanol–water partition coefficient (Wildman–Crippen LogP) is 2.66. The second-order valence-electron chi connectivity index (χ2n) is 5.22. The zero-order valence-electron chi connectivity index (χ0n) is 11.1. The first-order valence-electron chi connectivity index (χ1n) is 6.99. The van der Waals surface area contributed by atoms with E-state index in [0.29, 0.717) is 11.4 Å². The van der Waals surface area contributed by atoms with Gasteiger partial charge >= 0.3 is 5.69 Å². The molecule has 0 amide bonds. The maximum Gasteiger partial charge on any atom is 0.347 e. The molecular weight excluding hydrogens is 254 g/mol. The third kappa shape index (κ3) is 1.70. The highest BCUT2D eigenvalue weighted by molar-refractivity contribution is 6.05. The second kappa shape index (κ2) is 4.37. The highest BCUT2D eigenvalue weighted by Gasteiger charge is 2.20. The summed E-state index contributed by atoms with van der Waals surface area (Å²) in [5.41, 5.74) is 1.91. The van der Waals surface area contributed by atoms with E-state index < -0.39 is 0 Å². The molecule has 5 nitrogen and oxygen atoms in total. The van der Waals surface area contributed by atoms with Crippen LogP contribution in [0.4, 0.5) is 5.82 Å². The summed E-state index contributed by atoms with van der Waals surface area (Å²) in [5.74, 6) is 0.680. The van der Waals surface area contributed by atoms with Gasteiger partial charge in [0.15, 0.2) is 11.4 Å². The van der Waals surface area contributed by atoms with Crippen LogP contribution in [0, 0.1) is 0 Å². The van der Waals surface area contributed by atoms with E-state index in [1.54, 1.807) is 0 Å². The van der Waals surface area contributed by atoms with Crippen molar-refractivity contribution in [2.45, 2.75) is 19.3 Å². The number of furan rings is 1. The summed E-state index contributed by atoms with van der Waals surface area (Å²) < 4.78 is 5.92. The average Bonchev–Trinajstić information content (AvgIpc) is 2.86. The normalized spacial score (nSPS) is 16.1. The lowest BCUT2D eigenvalue weighted by Crippen LogP contribution is -2.32. The summed E-state index contributed by atoms with van der Waals surface area (Å²) >= 11 is 0. The number of aromatic amines is 1. The lowest BCUT2D eigenvalue weighted by Gasteiger charge is -2.27. The summed E-state index contributed by atoms with van der Waals surface area (Å²) in [5, 5.41) is 0.931. The molecule has 1 aliphatic rings. The quantitative estimate of drug-likeness (QED) is 0.737. The maximum atomic E-state index is 11.9. The molecule has 102 valence electrons. The first-order valence-corrected chi connectivity index (χ1v) is 6.99. The van der Waals surface area contributed by atoms with Gasteiger partial charge in [0.1, 0.15) is 11.1 Å². The molecule has 0 saturated carbocycles. The highest BCUT2D eigenvalue weighted by atomic mass is 16.3. The van der Waals surface area contributed by atoms with Crippen molar-refractivity contribution in [1.29, 1.82) is 0 Å². The molecule has 0 atom stereocenters. The van der Waals surface area contributed by atoms with Crippen molar-refractivity contribution in [3.8, 4) is 0 Å². The van der Waals surface area contributed by atoms with Gasteiger partial charge in [-0.1, -0.05) is 12.1 Å². The van der Waals surface area contributed by atoms with Gasteiger partial charge in [0.2, 0.25) is 0 Å². The molecule has 1 fully saturated rings. The van der Waals surface area contributed by atoms with Gasteiger partial charge in [0, 0.05) is 18.5 Å². The fraction of sp³-hybridized carbons (Fsp3) is 0.333. The fourth-order valence-electron chi connectivity index (χ4n) is 2.93. The number of H-pyrrole nitrogens is 1. The number of nitrogens with one attached hydrogen (secondary N) is 1. The number of nitrogens with zero attached hydrogens (tertiary/aromatic N) is 2. The molecule has 0 radical (unpaired) electrons. The predicted molar refractivity (Wildman–Crippen MR) is 78.2 cm³/mol. The van der Waals surface area contributed by atoms with Crippen LogP contribution in [0.2, 0.25) is 0 Å². The van der Waals surface area contributed by atoms with Gasteiger partial charge < -0.3 is 14.3 Å². The van der Waals surface area contributed by atoms with Crippen LogP contribution in [0.25, 0.3) is 22.1 Å². The van der Waals surface area contributed by atoms with Crippen molar-refractivity contribution in [3.05, 3.63) is 34.7 Å². The number of hydrogen-bond donors (Lipinski definition) is 1. The number of fused-ring (bicyclic) bond motifs is 3. The van der Waals surface area contributed by atoms with Gasteiger partial charge in [-0.25, -0.2) is 4.79 Å². The number of anilines is 1. The first kappa shape index (κ1) is 11.5. The zero-order valence-corrected chi connectivity index (χ0v) is 11.1. The Morgan fingerprint density at radius 3 is 2.80 bits per heavy atom. The Kier molecular flexibility index (Phi) is 2.52. The van der Waals surface area contributed by atoms with Gasteiger partial charge in [-0.05, 0) is 31.4 Å². The summed E-state index contributed by atoms with van der Waals surface area (Å²) in [6, 6.07) is 7.73. The highest BCUT2D eigenvalue weighted by Crippen LogP contribution is 2.32. The summed E-state index contributed by atoms with van der Waals surface area (Å²) in [7, 11) is 0. The Hall–Kier alpha value is -2.30. The van der Waals surface area contributed by atoms with Gasteiger partial charge in [-0.3, -0.25) is 0 Å². The van der Waals surface area contributed by atoms with Gasteiger partial charge in [0.25, 0.3) is 0 Å². The van der Waals surface area contributed by atoms with Crippen molar-refractivity contribution < 1.29 is 4.42 Å². The number of aromatic nitrogens is 2. The number of hydrogen-bond acceptors (Lipinski definition) is 4. The van der Waals surface area contributed by atoms with Crippen molar-refractivity contribution in [2.75, 3.05) is 18.0 Å². The van der Waals surface area contributed by atoms with E-state index in [-0.39, 0.29) is 5.69 Å². The third-order valence-electron chi connectivity index (χ3n) is 3.89. The zero-order chi connectivity index (χ0) is 13.5. The molecule has 1 saturated heterocycles. The van der Waals surface area contributed by atoms with E-state index in [9.17, 15) is 4.79 Å². The Morgan fingerprint density at radius 1 is 1.15 bits per heavy atom. The van der Waals surface area contributed by atoms with Crippen LogP contribution in [0.5, 0.6) is 0 Å². The van der Waals surface area contributed by atoms with Gasteiger partial charge in [0.05, 0.1) is 0 Å². The number of benzene rings is 1. The van der Waals surface area contributed by atoms with Crippen LogP contribution in [0.1, 0.15) is 19.3 Å². The van der Waals surface area contributed by atoms with E-state index in [4.69, 9.17) is 4.42 Å². The smallest absolute Gasteiger partial charge is 0.347 e. The third-order valence-corrected chi connectivity index (χ3v) is 3.89. The number of para-hydroxylation sites is 1. The van der Waals surface area contributed by atoms with Crippen LogP contribution in [-0.4, -0.2) is 23.1 Å². The molecule has 3 heterocycles. The van der Waals surface area contributed by atoms with Gasteiger partial charge in [-0.15, -0.1) is 0 Å². The SMILES string of the molecule is O=c1nc(N2CCCCC2)c2oc3ccccc3c2[nH]1. The summed E-state index contributed by atoms with van der Waals surface area (Å²) in [6.45, 7) is 1.87. The minimum Gasteiger partial charge on any atom is -0.451 e. The number of rotatable bonds is 1. The van der Waals surface area contributed by atoms with Crippen LogP contribution in [0.3, 0.4) is 0 Å². The Balaban J connectivity index is 2.02. The maximum absolute atomic E-state index is 11.9. The Labute approximate surface area is 115 Å². The molecule has 3 aromatic rings. The molecule has 0 spiro atoms. The number of piperidine rings is 1. The van der Waals surface area contributed by atoms with Crippen molar-refractivity contribution >= 4 is 27.9 Å². The Bertz CT molecular complexity index is 828. The van der Waals surface area contributed by atoms with Crippen molar-refractivity contribution in [2.24, 2.45) is 0 Å². The lowest BCUT2D eigenvalue weighted by atomic mass is 10.1. The van der Waals surface area contributed by atoms with E-state index in [1.807, 2.05) is 24.3 Å². The molecule has 1 N–H and O–H groups in total. The van der Waals surface area contributed by atoms with Crippen molar-refractivity contribution in [1.82, 2.24) is 9.97 Å². The average molecular weight is 269 g/mol. The largest absolute Gasteiger partial charge is 0.451 e. The molecule has 5 heteroatoms. The van der Waals surface area contributed by atoms with Crippen molar-refractivity contribution in [3.63, 3.8) is 0 Å². The second-order valence-corrected chi connectivity index (χ2v) is 5.22. The molecule has 0 unspecified atom stereocenters. The van der Waals surface area contributed by atoms with Crippen LogP contribution < -0.4 is 10.6 Å². The summed E-state index contributed by atoms with van der Waals surface area (Å²) in [4.78, 5) is 21.0. The molecule has 2 aromatic heterocycles. The standard InChI is InChI=1S/C15H15N3O2/c19-15-16-12-10-6-2-3-7-11(10)20-13(12)14(17-15)18-8-4-1-5-9-18/h2-3,6-7H,1,4-5,8-9H2,(H,16,17,19). The van der Waals surface area contributed by atoms with E-state index in [2.05, 4.69) is 14.9 Å². The van der Waals surface area contributed by atoms with E-state index in [1.165, 1.54) is 6.42 Å². The van der Waals surface area contributed by atoms with Crippen LogP contribution in [0.15, 0.2) is 33.5 Å². The molecule has 1 aliphatic heterocycles. The first-order chi connectivity index (χ1) is 9.83. The molecule has 1 aromatic carbocycles. The van der Waals surface area contributed by atoms with Gasteiger partial charge in [-0.2, -0.15) is 4.98 Å². The Morgan fingerprint density at radius 2 is 1.95 bits per heavy atom. The van der Waals surface area contributed by atoms with E-state index in [0.717, 1.165) is 42.4 Å². The van der Waals surface area contributed by atoms with E-state index >= 15 is 0 Å². The molecule has 0 aliphatic carbocycles. The van der Waals surface area contributed by atoms with Crippen LogP contribution >= 0.6 is 0 Å². The minimum atomic E-state index is -0.315. The molecule has 20 heavy (non-hydrogen) atoms. The molecule has 0 bridgehead atoms. The lowest BCUT2D eigenvalue weighted by molar-refractivity contribution is 0.568. The summed E-state index contributed by atoms with van der Waals surface area (Å²) in [6.07, 6.45) is 3.51. The fourth-order valence-corrected chi connectivity index (χ4v) is 2.93. The molecule has 4 rings (SSSR count). The minimum absolute atomic E-state index is 0.315. The topological polar surface area (TPSA) is 62.1 Å². The molecular formula is C15H15N3O2. The monoisotopic (exact) mass is 269 g/mol. The van der Waals surface area contributed by atoms with Crippen LogP contribution in [-0.2, 0) is 0 Å².